The van der Waals surface area contributed by atoms with Gasteiger partial charge in [-0.15, -0.1) is 0 Å². The third kappa shape index (κ3) is 1.99. The summed E-state index contributed by atoms with van der Waals surface area (Å²) in [7, 11) is 0. The zero-order chi connectivity index (χ0) is 9.97. The van der Waals surface area contributed by atoms with Crippen LogP contribution in [0.15, 0.2) is 24.3 Å². The molecule has 0 saturated carbocycles. The lowest BCUT2D eigenvalue weighted by molar-refractivity contribution is 0.229. The van der Waals surface area contributed by atoms with Crippen LogP contribution in [0.2, 0.25) is 5.02 Å². The van der Waals surface area contributed by atoms with Gasteiger partial charge in [-0.1, -0.05) is 23.7 Å². The molecule has 1 heterocycles. The van der Waals surface area contributed by atoms with Crippen LogP contribution in [-0.4, -0.2) is 12.6 Å². The highest BCUT2D eigenvalue weighted by atomic mass is 35.5. The molecule has 1 aromatic rings. The van der Waals surface area contributed by atoms with Gasteiger partial charge in [0.1, 0.15) is 0 Å². The SMILES string of the molecule is O=C1NCCC(c2cccc(Cl)c2)N1. The molecular weight excluding hydrogens is 200 g/mol. The van der Waals surface area contributed by atoms with Crippen molar-refractivity contribution in [2.75, 3.05) is 6.54 Å². The molecule has 1 atom stereocenters. The van der Waals surface area contributed by atoms with Crippen molar-refractivity contribution in [3.8, 4) is 0 Å². The van der Waals surface area contributed by atoms with Crippen molar-refractivity contribution in [3.63, 3.8) is 0 Å². The summed E-state index contributed by atoms with van der Waals surface area (Å²) in [5.74, 6) is 0. The highest BCUT2D eigenvalue weighted by molar-refractivity contribution is 6.30. The Hall–Kier alpha value is -1.22. The van der Waals surface area contributed by atoms with Gasteiger partial charge in [0.15, 0.2) is 0 Å². The molecule has 2 N–H and O–H groups in total. The molecule has 1 saturated heterocycles. The summed E-state index contributed by atoms with van der Waals surface area (Å²) in [5, 5.41) is 6.27. The van der Waals surface area contributed by atoms with E-state index in [-0.39, 0.29) is 12.1 Å². The van der Waals surface area contributed by atoms with Crippen molar-refractivity contribution in [1.82, 2.24) is 10.6 Å². The van der Waals surface area contributed by atoms with E-state index >= 15 is 0 Å². The summed E-state index contributed by atoms with van der Waals surface area (Å²) in [6.07, 6.45) is 0.895. The van der Waals surface area contributed by atoms with Crippen LogP contribution < -0.4 is 10.6 Å². The first-order valence-corrected chi connectivity index (χ1v) is 4.93. The number of amides is 2. The Morgan fingerprint density at radius 1 is 1.43 bits per heavy atom. The van der Waals surface area contributed by atoms with Crippen LogP contribution in [0.4, 0.5) is 4.79 Å². The number of hydrogen-bond donors (Lipinski definition) is 2. The molecule has 1 unspecified atom stereocenters. The quantitative estimate of drug-likeness (QED) is 0.732. The smallest absolute Gasteiger partial charge is 0.315 e. The van der Waals surface area contributed by atoms with E-state index in [2.05, 4.69) is 10.6 Å². The summed E-state index contributed by atoms with van der Waals surface area (Å²) in [5.41, 5.74) is 1.06. The molecule has 2 amide bonds. The lowest BCUT2D eigenvalue weighted by Crippen LogP contribution is -2.44. The molecule has 4 heteroatoms. The molecule has 0 bridgehead atoms. The van der Waals surface area contributed by atoms with Crippen molar-refractivity contribution in [2.45, 2.75) is 12.5 Å². The van der Waals surface area contributed by atoms with Crippen molar-refractivity contribution in [3.05, 3.63) is 34.9 Å². The predicted molar refractivity (Wildman–Crippen MR) is 55.3 cm³/mol. The molecule has 0 spiro atoms. The number of benzene rings is 1. The Balaban J connectivity index is 2.17. The minimum atomic E-state index is -0.110. The Morgan fingerprint density at radius 3 is 3.00 bits per heavy atom. The maximum Gasteiger partial charge on any atom is 0.315 e. The van der Waals surface area contributed by atoms with Crippen LogP contribution in [-0.2, 0) is 0 Å². The highest BCUT2D eigenvalue weighted by Gasteiger charge is 2.18. The molecule has 2 rings (SSSR count). The molecular formula is C10H11ClN2O. The van der Waals surface area contributed by atoms with Gasteiger partial charge >= 0.3 is 6.03 Å². The molecule has 0 aliphatic carbocycles. The second-order valence-electron chi connectivity index (χ2n) is 3.30. The molecule has 1 aromatic carbocycles. The van der Waals surface area contributed by atoms with Gasteiger partial charge in [0.25, 0.3) is 0 Å². The summed E-state index contributed by atoms with van der Waals surface area (Å²) < 4.78 is 0. The highest BCUT2D eigenvalue weighted by Crippen LogP contribution is 2.21. The first-order chi connectivity index (χ1) is 6.75. The van der Waals surface area contributed by atoms with Crippen molar-refractivity contribution < 1.29 is 4.79 Å². The number of halogens is 1. The van der Waals surface area contributed by atoms with E-state index < -0.39 is 0 Å². The topological polar surface area (TPSA) is 41.1 Å². The van der Waals surface area contributed by atoms with Gasteiger partial charge < -0.3 is 10.6 Å². The van der Waals surface area contributed by atoms with E-state index in [0.29, 0.717) is 11.6 Å². The Bertz CT molecular complexity index is 354. The van der Waals surface area contributed by atoms with Gasteiger partial charge in [-0.3, -0.25) is 0 Å². The van der Waals surface area contributed by atoms with E-state index in [1.165, 1.54) is 0 Å². The summed E-state index contributed by atoms with van der Waals surface area (Å²) in [4.78, 5) is 11.1. The molecule has 1 fully saturated rings. The minimum absolute atomic E-state index is 0.0856. The first-order valence-electron chi connectivity index (χ1n) is 4.55. The largest absolute Gasteiger partial charge is 0.338 e. The molecule has 1 aliphatic rings. The van der Waals surface area contributed by atoms with E-state index in [1.54, 1.807) is 0 Å². The molecule has 0 radical (unpaired) electrons. The van der Waals surface area contributed by atoms with Crippen LogP contribution in [0.5, 0.6) is 0 Å². The fraction of sp³-hybridized carbons (Fsp3) is 0.300. The zero-order valence-corrected chi connectivity index (χ0v) is 8.34. The number of carbonyl (C=O) groups is 1. The maximum absolute atomic E-state index is 11.1. The van der Waals surface area contributed by atoms with Crippen LogP contribution >= 0.6 is 11.6 Å². The standard InChI is InChI=1S/C10H11ClN2O/c11-8-3-1-2-7(6-8)9-4-5-12-10(14)13-9/h1-3,6,9H,4-5H2,(H2,12,13,14). The second-order valence-corrected chi connectivity index (χ2v) is 3.73. The number of nitrogens with one attached hydrogen (secondary N) is 2. The van der Waals surface area contributed by atoms with Gasteiger partial charge in [0.2, 0.25) is 0 Å². The lowest BCUT2D eigenvalue weighted by Gasteiger charge is -2.24. The first kappa shape index (κ1) is 9.34. The normalized spacial score (nSPS) is 21.2. The zero-order valence-electron chi connectivity index (χ0n) is 7.59. The Morgan fingerprint density at radius 2 is 2.29 bits per heavy atom. The Kier molecular flexibility index (Phi) is 2.59. The van der Waals surface area contributed by atoms with Crippen LogP contribution in [0.1, 0.15) is 18.0 Å². The van der Waals surface area contributed by atoms with Crippen molar-refractivity contribution >= 4 is 17.6 Å². The van der Waals surface area contributed by atoms with E-state index in [9.17, 15) is 4.79 Å². The fourth-order valence-corrected chi connectivity index (χ4v) is 1.78. The van der Waals surface area contributed by atoms with Gasteiger partial charge in [-0.25, -0.2) is 4.79 Å². The Labute approximate surface area is 87.4 Å². The van der Waals surface area contributed by atoms with Crippen LogP contribution in [0.3, 0.4) is 0 Å². The number of rotatable bonds is 1. The third-order valence-corrected chi connectivity index (χ3v) is 2.51. The van der Waals surface area contributed by atoms with Gasteiger partial charge in [-0.2, -0.15) is 0 Å². The van der Waals surface area contributed by atoms with E-state index in [4.69, 9.17) is 11.6 Å². The number of carbonyl (C=O) groups excluding carboxylic acids is 1. The predicted octanol–water partition coefficient (Wildman–Crippen LogP) is 2.08. The van der Waals surface area contributed by atoms with Gasteiger partial charge in [0.05, 0.1) is 6.04 Å². The molecule has 3 nitrogen and oxygen atoms in total. The number of urea groups is 1. The summed E-state index contributed by atoms with van der Waals surface area (Å²) in [6, 6.07) is 7.56. The van der Waals surface area contributed by atoms with Gasteiger partial charge in [0, 0.05) is 11.6 Å². The molecule has 1 aliphatic heterocycles. The van der Waals surface area contributed by atoms with Crippen molar-refractivity contribution in [1.29, 1.82) is 0 Å². The fourth-order valence-electron chi connectivity index (χ4n) is 1.58. The third-order valence-electron chi connectivity index (χ3n) is 2.27. The average molecular weight is 211 g/mol. The monoisotopic (exact) mass is 210 g/mol. The molecule has 14 heavy (non-hydrogen) atoms. The van der Waals surface area contributed by atoms with Crippen LogP contribution in [0, 0.1) is 0 Å². The number of hydrogen-bond acceptors (Lipinski definition) is 1. The second kappa shape index (κ2) is 3.88. The van der Waals surface area contributed by atoms with Crippen molar-refractivity contribution in [2.24, 2.45) is 0 Å². The van der Waals surface area contributed by atoms with E-state index in [1.807, 2.05) is 24.3 Å². The van der Waals surface area contributed by atoms with Gasteiger partial charge in [-0.05, 0) is 24.1 Å². The van der Waals surface area contributed by atoms with E-state index in [0.717, 1.165) is 12.0 Å². The summed E-state index contributed by atoms with van der Waals surface area (Å²) in [6.45, 7) is 0.711. The van der Waals surface area contributed by atoms with Crippen LogP contribution in [0.25, 0.3) is 0 Å². The molecule has 0 aromatic heterocycles. The average Bonchev–Trinajstić information content (AvgIpc) is 2.18. The molecule has 74 valence electrons. The maximum atomic E-state index is 11.1. The summed E-state index contributed by atoms with van der Waals surface area (Å²) >= 11 is 5.87. The lowest BCUT2D eigenvalue weighted by atomic mass is 10.0. The minimum Gasteiger partial charge on any atom is -0.338 e.